The molecule has 2 rings (SSSR count). The zero-order chi connectivity index (χ0) is 11.4. The minimum Gasteiger partial charge on any atom is -0.493 e. The molecule has 1 fully saturated rings. The largest absolute Gasteiger partial charge is 0.493 e. The number of para-hydroxylation sites is 1. The molecule has 2 unspecified atom stereocenters. The molecule has 1 aliphatic rings. The highest BCUT2D eigenvalue weighted by molar-refractivity contribution is 5.36. The molecule has 1 saturated heterocycles. The minimum atomic E-state index is -0.0171. The normalized spacial score (nSPS) is 25.4. The van der Waals surface area contributed by atoms with Gasteiger partial charge >= 0.3 is 0 Å². The van der Waals surface area contributed by atoms with E-state index in [2.05, 4.69) is 0 Å². The third-order valence-electron chi connectivity index (χ3n) is 2.89. The summed E-state index contributed by atoms with van der Waals surface area (Å²) in [6.45, 7) is 3.44. The molecule has 1 aliphatic heterocycles. The summed E-state index contributed by atoms with van der Waals surface area (Å²) in [6.07, 6.45) is 2.05. The summed E-state index contributed by atoms with van der Waals surface area (Å²) >= 11 is 0. The Bertz CT molecular complexity index is 340. The van der Waals surface area contributed by atoms with Crippen LogP contribution in [0.2, 0.25) is 0 Å². The van der Waals surface area contributed by atoms with E-state index in [1.165, 1.54) is 0 Å². The maximum Gasteiger partial charge on any atom is 0.125 e. The van der Waals surface area contributed by atoms with E-state index >= 15 is 0 Å². The number of hydrogen-bond donors (Lipinski definition) is 1. The molecular weight excluding hydrogens is 202 g/mol. The molecule has 0 aromatic heterocycles. The summed E-state index contributed by atoms with van der Waals surface area (Å²) in [5.41, 5.74) is 7.18. The van der Waals surface area contributed by atoms with Crippen molar-refractivity contribution in [2.24, 2.45) is 5.73 Å². The van der Waals surface area contributed by atoms with Crippen LogP contribution in [0.4, 0.5) is 0 Å². The Hall–Kier alpha value is -1.06. The van der Waals surface area contributed by atoms with E-state index in [9.17, 15) is 0 Å². The van der Waals surface area contributed by atoms with Crippen LogP contribution >= 0.6 is 0 Å². The second-order valence-corrected chi connectivity index (χ2v) is 4.07. The van der Waals surface area contributed by atoms with Crippen LogP contribution in [0.15, 0.2) is 24.3 Å². The first-order valence-electron chi connectivity index (χ1n) is 5.92. The molecule has 0 amide bonds. The molecule has 0 saturated carbocycles. The van der Waals surface area contributed by atoms with E-state index in [0.717, 1.165) is 30.8 Å². The first kappa shape index (κ1) is 11.4. The Morgan fingerprint density at radius 1 is 1.44 bits per heavy atom. The van der Waals surface area contributed by atoms with Crippen molar-refractivity contribution in [1.29, 1.82) is 0 Å². The van der Waals surface area contributed by atoms with Gasteiger partial charge in [-0.2, -0.15) is 0 Å². The molecule has 3 nitrogen and oxygen atoms in total. The second-order valence-electron chi connectivity index (χ2n) is 4.07. The lowest BCUT2D eigenvalue weighted by Crippen LogP contribution is -2.34. The van der Waals surface area contributed by atoms with E-state index in [1.807, 2.05) is 31.2 Å². The van der Waals surface area contributed by atoms with Crippen molar-refractivity contribution < 1.29 is 9.47 Å². The van der Waals surface area contributed by atoms with Crippen LogP contribution in [0.3, 0.4) is 0 Å². The maximum atomic E-state index is 6.10. The Labute approximate surface area is 96.5 Å². The molecule has 1 aromatic rings. The second kappa shape index (κ2) is 5.32. The third-order valence-corrected chi connectivity index (χ3v) is 2.89. The molecule has 88 valence electrons. The molecule has 3 heteroatoms. The van der Waals surface area contributed by atoms with Gasteiger partial charge in [0.25, 0.3) is 0 Å². The quantitative estimate of drug-likeness (QED) is 0.851. The van der Waals surface area contributed by atoms with Gasteiger partial charge in [0.1, 0.15) is 11.9 Å². The lowest BCUT2D eigenvalue weighted by molar-refractivity contribution is -0.00136. The van der Waals surface area contributed by atoms with Gasteiger partial charge in [0.15, 0.2) is 0 Å². The predicted molar refractivity (Wildman–Crippen MR) is 63.5 cm³/mol. The van der Waals surface area contributed by atoms with Crippen molar-refractivity contribution in [2.75, 3.05) is 13.2 Å². The molecule has 0 radical (unpaired) electrons. The lowest BCUT2D eigenvalue weighted by Gasteiger charge is -2.30. The summed E-state index contributed by atoms with van der Waals surface area (Å²) < 4.78 is 11.4. The lowest BCUT2D eigenvalue weighted by atomic mass is 9.96. The Kier molecular flexibility index (Phi) is 3.80. The van der Waals surface area contributed by atoms with Gasteiger partial charge in [-0.1, -0.05) is 18.2 Å². The van der Waals surface area contributed by atoms with Gasteiger partial charge < -0.3 is 15.2 Å². The molecule has 0 bridgehead atoms. The van der Waals surface area contributed by atoms with E-state index in [1.54, 1.807) is 0 Å². The summed E-state index contributed by atoms with van der Waals surface area (Å²) in [7, 11) is 0. The summed E-state index contributed by atoms with van der Waals surface area (Å²) in [5, 5.41) is 0. The minimum absolute atomic E-state index is 0.0171. The zero-order valence-corrected chi connectivity index (χ0v) is 9.69. The molecule has 1 aromatic carbocycles. The Morgan fingerprint density at radius 2 is 2.25 bits per heavy atom. The molecule has 0 aliphatic carbocycles. The van der Waals surface area contributed by atoms with E-state index in [0.29, 0.717) is 6.61 Å². The zero-order valence-electron chi connectivity index (χ0n) is 9.69. The average Bonchev–Trinajstić information content (AvgIpc) is 2.31. The van der Waals surface area contributed by atoms with Crippen molar-refractivity contribution in [2.45, 2.75) is 31.9 Å². The molecule has 2 N–H and O–H groups in total. The van der Waals surface area contributed by atoms with Crippen molar-refractivity contribution in [3.8, 4) is 5.75 Å². The standard InChI is InChI=1S/C13H19NO2/c1-2-15-12-8-4-3-6-10(12)13-11(14)7-5-9-16-13/h3-4,6,8,11,13H,2,5,7,9,14H2,1H3. The molecule has 16 heavy (non-hydrogen) atoms. The van der Waals surface area contributed by atoms with Crippen LogP contribution in [0, 0.1) is 0 Å². The van der Waals surface area contributed by atoms with Crippen LogP contribution in [-0.2, 0) is 4.74 Å². The molecule has 0 spiro atoms. The fourth-order valence-electron chi connectivity index (χ4n) is 2.13. The van der Waals surface area contributed by atoms with Crippen LogP contribution in [0.1, 0.15) is 31.4 Å². The van der Waals surface area contributed by atoms with Crippen molar-refractivity contribution in [1.82, 2.24) is 0 Å². The maximum absolute atomic E-state index is 6.10. The van der Waals surface area contributed by atoms with Crippen LogP contribution < -0.4 is 10.5 Å². The highest BCUT2D eigenvalue weighted by Crippen LogP contribution is 2.33. The van der Waals surface area contributed by atoms with Gasteiger partial charge in [0.05, 0.1) is 6.61 Å². The van der Waals surface area contributed by atoms with Crippen LogP contribution in [-0.4, -0.2) is 19.3 Å². The molecule has 1 heterocycles. The third kappa shape index (κ3) is 2.36. The van der Waals surface area contributed by atoms with E-state index < -0.39 is 0 Å². The van der Waals surface area contributed by atoms with Crippen LogP contribution in [0.5, 0.6) is 5.75 Å². The average molecular weight is 221 g/mol. The summed E-state index contributed by atoms with van der Waals surface area (Å²) in [6, 6.07) is 8.07. The van der Waals surface area contributed by atoms with Gasteiger partial charge in [-0.15, -0.1) is 0 Å². The summed E-state index contributed by atoms with van der Waals surface area (Å²) in [5.74, 6) is 0.896. The highest BCUT2D eigenvalue weighted by Gasteiger charge is 2.26. The number of hydrogen-bond acceptors (Lipinski definition) is 3. The molecular formula is C13H19NO2. The smallest absolute Gasteiger partial charge is 0.125 e. The first-order valence-corrected chi connectivity index (χ1v) is 5.92. The number of rotatable bonds is 3. The van der Waals surface area contributed by atoms with Gasteiger partial charge in [-0.25, -0.2) is 0 Å². The van der Waals surface area contributed by atoms with Gasteiger partial charge in [0, 0.05) is 18.2 Å². The monoisotopic (exact) mass is 221 g/mol. The topological polar surface area (TPSA) is 44.5 Å². The van der Waals surface area contributed by atoms with Gasteiger partial charge in [-0.05, 0) is 25.8 Å². The van der Waals surface area contributed by atoms with Gasteiger partial charge in [-0.3, -0.25) is 0 Å². The van der Waals surface area contributed by atoms with Gasteiger partial charge in [0.2, 0.25) is 0 Å². The Balaban J connectivity index is 2.23. The predicted octanol–water partition coefficient (Wildman–Crippen LogP) is 2.26. The van der Waals surface area contributed by atoms with Crippen molar-refractivity contribution >= 4 is 0 Å². The van der Waals surface area contributed by atoms with E-state index in [4.69, 9.17) is 15.2 Å². The van der Waals surface area contributed by atoms with Crippen molar-refractivity contribution in [3.63, 3.8) is 0 Å². The van der Waals surface area contributed by atoms with Crippen LogP contribution in [0.25, 0.3) is 0 Å². The highest BCUT2D eigenvalue weighted by atomic mass is 16.5. The fourth-order valence-corrected chi connectivity index (χ4v) is 2.13. The number of benzene rings is 1. The number of nitrogens with two attached hydrogens (primary N) is 1. The fraction of sp³-hybridized carbons (Fsp3) is 0.538. The van der Waals surface area contributed by atoms with E-state index in [-0.39, 0.29) is 12.1 Å². The summed E-state index contributed by atoms with van der Waals surface area (Å²) in [4.78, 5) is 0. The van der Waals surface area contributed by atoms with Crippen molar-refractivity contribution in [3.05, 3.63) is 29.8 Å². The first-order chi connectivity index (χ1) is 7.83. The number of ether oxygens (including phenoxy) is 2. The molecule has 2 atom stereocenters. The Morgan fingerprint density at radius 3 is 3.00 bits per heavy atom. The SMILES string of the molecule is CCOc1ccccc1C1OCCCC1N.